The second-order valence-corrected chi connectivity index (χ2v) is 3.09. The van der Waals surface area contributed by atoms with E-state index in [-0.39, 0.29) is 5.95 Å². The summed E-state index contributed by atoms with van der Waals surface area (Å²) in [6.45, 7) is 1.86. The van der Waals surface area contributed by atoms with Gasteiger partial charge in [-0.1, -0.05) is 6.07 Å². The smallest absolute Gasteiger partial charge is 0.222 e. The van der Waals surface area contributed by atoms with Crippen LogP contribution in [0.25, 0.3) is 0 Å². The van der Waals surface area contributed by atoms with Crippen molar-refractivity contribution in [2.45, 2.75) is 6.92 Å². The first-order valence-corrected chi connectivity index (χ1v) is 4.53. The molecule has 2 aromatic rings. The third-order valence-electron chi connectivity index (χ3n) is 1.79. The van der Waals surface area contributed by atoms with Crippen LogP contribution >= 0.6 is 0 Å². The standard InChI is InChI=1S/C10H11N5/c1-7-6-9(15-10(11)13-7)14-8-4-2-3-5-12-8/h2-6H,1H3,(H3,11,12,13,14,15). The second-order valence-electron chi connectivity index (χ2n) is 3.09. The van der Waals surface area contributed by atoms with Crippen LogP contribution in [0.15, 0.2) is 30.5 Å². The van der Waals surface area contributed by atoms with Crippen molar-refractivity contribution in [2.24, 2.45) is 0 Å². The lowest BCUT2D eigenvalue weighted by Gasteiger charge is -2.05. The zero-order chi connectivity index (χ0) is 10.7. The van der Waals surface area contributed by atoms with Crippen LogP contribution in [0.2, 0.25) is 0 Å². The molecule has 0 aromatic carbocycles. The number of anilines is 3. The molecule has 0 saturated carbocycles. The SMILES string of the molecule is Cc1cc(Nc2ccccn2)nc(N)n1. The number of aryl methyl sites for hydroxylation is 1. The molecule has 2 heterocycles. The van der Waals surface area contributed by atoms with Gasteiger partial charge in [-0.15, -0.1) is 0 Å². The molecule has 0 aliphatic rings. The minimum absolute atomic E-state index is 0.258. The first-order chi connectivity index (χ1) is 7.24. The fourth-order valence-electron chi connectivity index (χ4n) is 1.22. The van der Waals surface area contributed by atoms with E-state index in [9.17, 15) is 0 Å². The summed E-state index contributed by atoms with van der Waals surface area (Å²) >= 11 is 0. The van der Waals surface area contributed by atoms with Gasteiger partial charge in [0, 0.05) is 18.0 Å². The monoisotopic (exact) mass is 201 g/mol. The van der Waals surface area contributed by atoms with Crippen molar-refractivity contribution in [3.63, 3.8) is 0 Å². The van der Waals surface area contributed by atoms with Crippen molar-refractivity contribution in [3.8, 4) is 0 Å². The van der Waals surface area contributed by atoms with Crippen molar-refractivity contribution < 1.29 is 0 Å². The highest BCUT2D eigenvalue weighted by molar-refractivity contribution is 5.52. The molecule has 3 N–H and O–H groups in total. The molecule has 0 radical (unpaired) electrons. The molecule has 0 saturated heterocycles. The number of aromatic nitrogens is 3. The van der Waals surface area contributed by atoms with Gasteiger partial charge in [0.2, 0.25) is 5.95 Å². The highest BCUT2D eigenvalue weighted by Crippen LogP contribution is 2.12. The Hall–Kier alpha value is -2.17. The van der Waals surface area contributed by atoms with Crippen molar-refractivity contribution in [1.82, 2.24) is 15.0 Å². The van der Waals surface area contributed by atoms with E-state index in [0.29, 0.717) is 5.82 Å². The fourth-order valence-corrected chi connectivity index (χ4v) is 1.22. The van der Waals surface area contributed by atoms with Crippen LogP contribution in [0.5, 0.6) is 0 Å². The molecule has 0 aliphatic heterocycles. The first kappa shape index (κ1) is 9.39. The van der Waals surface area contributed by atoms with Crippen LogP contribution in [0.4, 0.5) is 17.6 Å². The van der Waals surface area contributed by atoms with Crippen molar-refractivity contribution in [2.75, 3.05) is 11.1 Å². The summed E-state index contributed by atoms with van der Waals surface area (Å²) in [6.07, 6.45) is 1.71. The third kappa shape index (κ3) is 2.40. The predicted octanol–water partition coefficient (Wildman–Crippen LogP) is 1.51. The topological polar surface area (TPSA) is 76.7 Å². The normalized spacial score (nSPS) is 9.93. The van der Waals surface area contributed by atoms with Crippen LogP contribution in [-0.4, -0.2) is 15.0 Å². The molecule has 0 amide bonds. The number of nitrogen functional groups attached to an aromatic ring is 1. The Morgan fingerprint density at radius 2 is 2.07 bits per heavy atom. The van der Waals surface area contributed by atoms with Crippen LogP contribution in [0, 0.1) is 6.92 Å². The van der Waals surface area contributed by atoms with Gasteiger partial charge in [-0.25, -0.2) is 9.97 Å². The molecule has 5 nitrogen and oxygen atoms in total. The van der Waals surface area contributed by atoms with E-state index in [1.54, 1.807) is 6.20 Å². The minimum atomic E-state index is 0.258. The highest BCUT2D eigenvalue weighted by Gasteiger charge is 1.99. The molecule has 0 aliphatic carbocycles. The van der Waals surface area contributed by atoms with Gasteiger partial charge in [0.15, 0.2) is 0 Å². The number of pyridine rings is 1. The van der Waals surface area contributed by atoms with E-state index in [2.05, 4.69) is 20.3 Å². The zero-order valence-corrected chi connectivity index (χ0v) is 8.31. The van der Waals surface area contributed by atoms with E-state index in [1.165, 1.54) is 0 Å². The molecule has 15 heavy (non-hydrogen) atoms. The Morgan fingerprint density at radius 3 is 2.73 bits per heavy atom. The quantitative estimate of drug-likeness (QED) is 0.770. The van der Waals surface area contributed by atoms with E-state index in [0.717, 1.165) is 11.5 Å². The van der Waals surface area contributed by atoms with Crippen molar-refractivity contribution >= 4 is 17.6 Å². The first-order valence-electron chi connectivity index (χ1n) is 4.53. The summed E-state index contributed by atoms with van der Waals surface area (Å²) in [4.78, 5) is 12.1. The molecule has 2 rings (SSSR count). The molecule has 2 aromatic heterocycles. The van der Waals surface area contributed by atoms with Crippen LogP contribution in [0.1, 0.15) is 5.69 Å². The maximum absolute atomic E-state index is 5.53. The van der Waals surface area contributed by atoms with Crippen molar-refractivity contribution in [3.05, 3.63) is 36.2 Å². The van der Waals surface area contributed by atoms with Gasteiger partial charge in [-0.2, -0.15) is 4.98 Å². The Kier molecular flexibility index (Phi) is 2.45. The van der Waals surface area contributed by atoms with E-state index < -0.39 is 0 Å². The Bertz CT molecular complexity index is 434. The average molecular weight is 201 g/mol. The zero-order valence-electron chi connectivity index (χ0n) is 8.31. The third-order valence-corrected chi connectivity index (χ3v) is 1.79. The highest BCUT2D eigenvalue weighted by atomic mass is 15.1. The van der Waals surface area contributed by atoms with Crippen molar-refractivity contribution in [1.29, 1.82) is 0 Å². The van der Waals surface area contributed by atoms with Gasteiger partial charge in [0.05, 0.1) is 0 Å². The molecule has 0 bridgehead atoms. The largest absolute Gasteiger partial charge is 0.368 e. The number of hydrogen-bond donors (Lipinski definition) is 2. The second kappa shape index (κ2) is 3.91. The summed E-state index contributed by atoms with van der Waals surface area (Å²) < 4.78 is 0. The van der Waals surface area contributed by atoms with Crippen LogP contribution in [-0.2, 0) is 0 Å². The lowest BCUT2D eigenvalue weighted by Crippen LogP contribution is -2.01. The van der Waals surface area contributed by atoms with Gasteiger partial charge in [-0.3, -0.25) is 0 Å². The van der Waals surface area contributed by atoms with E-state index in [1.807, 2.05) is 31.2 Å². The Balaban J connectivity index is 2.25. The number of nitrogens with two attached hydrogens (primary N) is 1. The summed E-state index contributed by atoms with van der Waals surface area (Å²) in [5.74, 6) is 1.64. The maximum Gasteiger partial charge on any atom is 0.222 e. The number of nitrogens with one attached hydrogen (secondary N) is 1. The molecule has 0 unspecified atom stereocenters. The molecule has 0 spiro atoms. The van der Waals surface area contributed by atoms with Gasteiger partial charge >= 0.3 is 0 Å². The summed E-state index contributed by atoms with van der Waals surface area (Å²) in [7, 11) is 0. The van der Waals surface area contributed by atoms with Gasteiger partial charge in [0.1, 0.15) is 11.6 Å². The Labute approximate surface area is 87.4 Å². The fraction of sp³-hybridized carbons (Fsp3) is 0.100. The summed E-state index contributed by atoms with van der Waals surface area (Å²) in [6, 6.07) is 7.41. The number of rotatable bonds is 2. The van der Waals surface area contributed by atoms with E-state index >= 15 is 0 Å². The van der Waals surface area contributed by atoms with Gasteiger partial charge in [0.25, 0.3) is 0 Å². The molecular formula is C10H11N5. The summed E-state index contributed by atoms with van der Waals surface area (Å²) in [5, 5.41) is 3.04. The van der Waals surface area contributed by atoms with Gasteiger partial charge < -0.3 is 11.1 Å². The number of hydrogen-bond acceptors (Lipinski definition) is 5. The Morgan fingerprint density at radius 1 is 1.20 bits per heavy atom. The lowest BCUT2D eigenvalue weighted by atomic mass is 10.4. The molecule has 76 valence electrons. The summed E-state index contributed by atoms with van der Waals surface area (Å²) in [5.41, 5.74) is 6.35. The predicted molar refractivity (Wildman–Crippen MR) is 58.7 cm³/mol. The lowest BCUT2D eigenvalue weighted by molar-refractivity contribution is 1.11. The molecule has 0 fully saturated rings. The number of nitrogens with zero attached hydrogens (tertiary/aromatic N) is 3. The van der Waals surface area contributed by atoms with E-state index in [4.69, 9.17) is 5.73 Å². The van der Waals surface area contributed by atoms with Gasteiger partial charge in [-0.05, 0) is 19.1 Å². The average Bonchev–Trinajstić information content (AvgIpc) is 2.17. The molecule has 5 heteroatoms. The molecular weight excluding hydrogens is 190 g/mol. The van der Waals surface area contributed by atoms with Crippen LogP contribution in [0.3, 0.4) is 0 Å². The van der Waals surface area contributed by atoms with Crippen LogP contribution < -0.4 is 11.1 Å². The minimum Gasteiger partial charge on any atom is -0.368 e. The maximum atomic E-state index is 5.53. The molecule has 0 atom stereocenters.